The predicted molar refractivity (Wildman–Crippen MR) is 88.2 cm³/mol. The van der Waals surface area contributed by atoms with Gasteiger partial charge in [-0.3, -0.25) is 14.9 Å². The van der Waals surface area contributed by atoms with Crippen LogP contribution in [0.1, 0.15) is 30.8 Å². The van der Waals surface area contributed by atoms with Gasteiger partial charge in [0.1, 0.15) is 0 Å². The van der Waals surface area contributed by atoms with Crippen LogP contribution in [0.4, 0.5) is 0 Å². The van der Waals surface area contributed by atoms with Crippen LogP contribution in [0.2, 0.25) is 0 Å². The third-order valence-electron chi connectivity index (χ3n) is 3.35. The van der Waals surface area contributed by atoms with Crippen LogP contribution in [0, 0.1) is 5.92 Å². The number of rotatable bonds is 6. The van der Waals surface area contributed by atoms with Crippen molar-refractivity contribution < 1.29 is 14.3 Å². The molecule has 0 fully saturated rings. The summed E-state index contributed by atoms with van der Waals surface area (Å²) < 4.78 is 5.83. The molecule has 0 aliphatic heterocycles. The molecule has 1 aromatic carbocycles. The van der Waals surface area contributed by atoms with Crippen molar-refractivity contribution in [1.82, 2.24) is 10.3 Å². The molecular formula is C17H21N3O3. The van der Waals surface area contributed by atoms with Gasteiger partial charge in [0.15, 0.2) is 11.4 Å². The van der Waals surface area contributed by atoms with Crippen molar-refractivity contribution >= 4 is 22.6 Å². The predicted octanol–water partition coefficient (Wildman–Crippen LogP) is 1.87. The van der Waals surface area contributed by atoms with E-state index in [1.807, 2.05) is 24.3 Å². The monoisotopic (exact) mass is 315 g/mol. The minimum absolute atomic E-state index is 0.0919. The standard InChI is InChI=1S/C17H21N3O3/c1-11(2)7-8-23-16-13-6-4-3-5-12(13)10-19-15(16)17(22)20-14(21)9-18/h3-6,10-11H,7-9,18H2,1-2H3,(H,20,21,22). The largest absolute Gasteiger partial charge is 0.490 e. The number of fused-ring (bicyclic) bond motifs is 1. The van der Waals surface area contributed by atoms with E-state index in [0.29, 0.717) is 18.3 Å². The molecule has 0 saturated heterocycles. The Hall–Kier alpha value is -2.47. The average Bonchev–Trinajstić information content (AvgIpc) is 2.54. The normalized spacial score (nSPS) is 10.8. The number of imide groups is 1. The summed E-state index contributed by atoms with van der Waals surface area (Å²) in [4.78, 5) is 27.8. The Morgan fingerprint density at radius 2 is 2.04 bits per heavy atom. The molecule has 0 aliphatic carbocycles. The van der Waals surface area contributed by atoms with Gasteiger partial charge in [-0.1, -0.05) is 38.1 Å². The molecule has 122 valence electrons. The number of nitrogens with zero attached hydrogens (tertiary/aromatic N) is 1. The lowest BCUT2D eigenvalue weighted by Gasteiger charge is -2.14. The maximum atomic E-state index is 12.2. The van der Waals surface area contributed by atoms with Crippen molar-refractivity contribution in [2.45, 2.75) is 20.3 Å². The number of carbonyl (C=O) groups is 2. The topological polar surface area (TPSA) is 94.3 Å². The first-order valence-electron chi connectivity index (χ1n) is 7.57. The minimum atomic E-state index is -0.606. The van der Waals surface area contributed by atoms with Crippen molar-refractivity contribution in [2.75, 3.05) is 13.2 Å². The Morgan fingerprint density at radius 3 is 2.74 bits per heavy atom. The van der Waals surface area contributed by atoms with Crippen LogP contribution in [0.25, 0.3) is 10.8 Å². The first-order valence-corrected chi connectivity index (χ1v) is 7.57. The second kappa shape index (κ2) is 7.69. The van der Waals surface area contributed by atoms with Crippen molar-refractivity contribution in [3.8, 4) is 5.75 Å². The molecule has 1 aromatic heterocycles. The number of benzene rings is 1. The SMILES string of the molecule is CC(C)CCOc1c(C(=O)NC(=O)CN)ncc2ccccc12. The molecule has 23 heavy (non-hydrogen) atoms. The maximum absolute atomic E-state index is 12.2. The van der Waals surface area contributed by atoms with Crippen LogP contribution in [-0.4, -0.2) is 29.9 Å². The van der Waals surface area contributed by atoms with Gasteiger partial charge in [-0.05, 0) is 12.3 Å². The first kappa shape index (κ1) is 16.9. The van der Waals surface area contributed by atoms with Crippen LogP contribution in [0.3, 0.4) is 0 Å². The van der Waals surface area contributed by atoms with Gasteiger partial charge in [-0.25, -0.2) is 4.98 Å². The van der Waals surface area contributed by atoms with E-state index in [9.17, 15) is 9.59 Å². The molecule has 3 N–H and O–H groups in total. The highest BCUT2D eigenvalue weighted by molar-refractivity contribution is 6.08. The van der Waals surface area contributed by atoms with Crippen LogP contribution in [0.15, 0.2) is 30.5 Å². The Morgan fingerprint density at radius 1 is 1.30 bits per heavy atom. The fourth-order valence-corrected chi connectivity index (χ4v) is 2.08. The quantitative estimate of drug-likeness (QED) is 0.848. The zero-order valence-electron chi connectivity index (χ0n) is 13.3. The summed E-state index contributed by atoms with van der Waals surface area (Å²) in [6.45, 7) is 4.40. The number of hydrogen-bond donors (Lipinski definition) is 2. The van der Waals surface area contributed by atoms with Gasteiger partial charge in [0.2, 0.25) is 5.91 Å². The summed E-state index contributed by atoms with van der Waals surface area (Å²) in [5.41, 5.74) is 5.32. The van der Waals surface area contributed by atoms with E-state index in [1.165, 1.54) is 0 Å². The molecule has 2 aromatic rings. The lowest BCUT2D eigenvalue weighted by molar-refractivity contribution is -0.118. The van der Waals surface area contributed by atoms with Crippen LogP contribution >= 0.6 is 0 Å². The molecule has 6 nitrogen and oxygen atoms in total. The van der Waals surface area contributed by atoms with E-state index in [2.05, 4.69) is 24.1 Å². The highest BCUT2D eigenvalue weighted by atomic mass is 16.5. The second-order valence-electron chi connectivity index (χ2n) is 5.64. The summed E-state index contributed by atoms with van der Waals surface area (Å²) in [5, 5.41) is 3.86. The summed E-state index contributed by atoms with van der Waals surface area (Å²) in [6, 6.07) is 7.51. The van der Waals surface area contributed by atoms with Gasteiger partial charge < -0.3 is 10.5 Å². The Kier molecular flexibility index (Phi) is 5.65. The van der Waals surface area contributed by atoms with E-state index < -0.39 is 11.8 Å². The van der Waals surface area contributed by atoms with Crippen LogP contribution < -0.4 is 15.8 Å². The van der Waals surface area contributed by atoms with E-state index in [4.69, 9.17) is 10.5 Å². The molecule has 0 saturated carbocycles. The second-order valence-corrected chi connectivity index (χ2v) is 5.64. The first-order chi connectivity index (χ1) is 11.0. The zero-order chi connectivity index (χ0) is 16.8. The Balaban J connectivity index is 2.38. The summed E-state index contributed by atoms with van der Waals surface area (Å²) in [5.74, 6) is -0.288. The lowest BCUT2D eigenvalue weighted by Crippen LogP contribution is -2.36. The fraction of sp³-hybridized carbons (Fsp3) is 0.353. The molecule has 0 radical (unpaired) electrons. The van der Waals surface area contributed by atoms with Gasteiger partial charge in [-0.15, -0.1) is 0 Å². The van der Waals surface area contributed by atoms with Crippen LogP contribution in [0.5, 0.6) is 5.75 Å². The molecule has 0 unspecified atom stereocenters. The Labute approximate surface area is 135 Å². The number of amides is 2. The molecule has 0 aliphatic rings. The van der Waals surface area contributed by atoms with Gasteiger partial charge in [0, 0.05) is 17.0 Å². The van der Waals surface area contributed by atoms with Crippen LogP contribution in [-0.2, 0) is 4.79 Å². The van der Waals surface area contributed by atoms with Crippen molar-refractivity contribution in [3.63, 3.8) is 0 Å². The maximum Gasteiger partial charge on any atom is 0.280 e. The van der Waals surface area contributed by atoms with E-state index in [0.717, 1.165) is 17.2 Å². The van der Waals surface area contributed by atoms with Gasteiger partial charge >= 0.3 is 0 Å². The van der Waals surface area contributed by atoms with Gasteiger partial charge in [0.25, 0.3) is 5.91 Å². The van der Waals surface area contributed by atoms with Gasteiger partial charge in [0.05, 0.1) is 13.2 Å². The molecule has 0 atom stereocenters. The zero-order valence-corrected chi connectivity index (χ0v) is 13.3. The summed E-state index contributed by atoms with van der Waals surface area (Å²) in [7, 11) is 0. The van der Waals surface area contributed by atoms with Gasteiger partial charge in [-0.2, -0.15) is 0 Å². The number of nitrogens with one attached hydrogen (secondary N) is 1. The molecule has 6 heteroatoms. The smallest absolute Gasteiger partial charge is 0.280 e. The molecule has 0 bridgehead atoms. The number of aromatic nitrogens is 1. The fourth-order valence-electron chi connectivity index (χ4n) is 2.08. The summed E-state index contributed by atoms with van der Waals surface area (Å²) in [6.07, 6.45) is 2.44. The molecule has 2 rings (SSSR count). The minimum Gasteiger partial charge on any atom is -0.490 e. The highest BCUT2D eigenvalue weighted by Crippen LogP contribution is 2.28. The third kappa shape index (κ3) is 4.26. The number of carbonyl (C=O) groups excluding carboxylic acids is 2. The molecular weight excluding hydrogens is 294 g/mol. The Bertz CT molecular complexity index is 713. The number of pyridine rings is 1. The molecule has 2 amide bonds. The highest BCUT2D eigenvalue weighted by Gasteiger charge is 2.19. The van der Waals surface area contributed by atoms with Crippen molar-refractivity contribution in [3.05, 3.63) is 36.2 Å². The number of ether oxygens (including phenoxy) is 1. The van der Waals surface area contributed by atoms with E-state index in [-0.39, 0.29) is 12.2 Å². The van der Waals surface area contributed by atoms with Crippen molar-refractivity contribution in [1.29, 1.82) is 0 Å². The molecule has 1 heterocycles. The van der Waals surface area contributed by atoms with Crippen molar-refractivity contribution in [2.24, 2.45) is 11.7 Å². The van der Waals surface area contributed by atoms with E-state index >= 15 is 0 Å². The number of hydrogen-bond acceptors (Lipinski definition) is 5. The average molecular weight is 315 g/mol. The lowest BCUT2D eigenvalue weighted by atomic mass is 10.1. The summed E-state index contributed by atoms with van der Waals surface area (Å²) >= 11 is 0. The van der Waals surface area contributed by atoms with E-state index in [1.54, 1.807) is 6.20 Å². The number of nitrogens with two attached hydrogens (primary N) is 1. The molecule has 0 spiro atoms. The third-order valence-corrected chi connectivity index (χ3v) is 3.35.